The number of halogens is 1. The molecule has 7 heteroatoms. The van der Waals surface area contributed by atoms with Gasteiger partial charge < -0.3 is 15.1 Å². The van der Waals surface area contributed by atoms with E-state index in [-0.39, 0.29) is 24.0 Å². The van der Waals surface area contributed by atoms with Gasteiger partial charge in [-0.15, -0.1) is 35.3 Å². The van der Waals surface area contributed by atoms with Gasteiger partial charge in [-0.2, -0.15) is 0 Å². The predicted molar refractivity (Wildman–Crippen MR) is 97.5 cm³/mol. The van der Waals surface area contributed by atoms with Crippen molar-refractivity contribution in [1.29, 1.82) is 0 Å². The molecule has 116 valence electrons. The summed E-state index contributed by atoms with van der Waals surface area (Å²) in [5.74, 6) is 1.79. The summed E-state index contributed by atoms with van der Waals surface area (Å²) in [6, 6.07) is 3.88. The molecule has 0 saturated heterocycles. The van der Waals surface area contributed by atoms with Crippen molar-refractivity contribution < 1.29 is 4.42 Å². The van der Waals surface area contributed by atoms with Crippen LogP contribution >= 0.6 is 35.3 Å². The summed E-state index contributed by atoms with van der Waals surface area (Å²) in [6.45, 7) is 6.34. The third kappa shape index (κ3) is 6.47. The maximum atomic E-state index is 5.30. The number of guanidine groups is 1. The minimum absolute atomic E-state index is 0. The minimum atomic E-state index is 0. The molecule has 0 radical (unpaired) electrons. The first kappa shape index (κ1) is 18.0. The summed E-state index contributed by atoms with van der Waals surface area (Å²) in [7, 11) is 0. The number of aliphatic imine (C=N–C) groups is 1. The van der Waals surface area contributed by atoms with Crippen LogP contribution in [-0.4, -0.2) is 24.0 Å². The molecule has 0 fully saturated rings. The van der Waals surface area contributed by atoms with Gasteiger partial charge in [0.25, 0.3) is 0 Å². The number of rotatable bonds is 6. The summed E-state index contributed by atoms with van der Waals surface area (Å²) in [5.41, 5.74) is 0. The van der Waals surface area contributed by atoms with Crippen LogP contribution in [-0.2, 0) is 13.0 Å². The maximum absolute atomic E-state index is 5.30. The van der Waals surface area contributed by atoms with Gasteiger partial charge in [0.1, 0.15) is 10.8 Å². The molecule has 0 aliphatic rings. The van der Waals surface area contributed by atoms with E-state index in [0.29, 0.717) is 6.54 Å². The Labute approximate surface area is 146 Å². The molecular weight excluding hydrogens is 399 g/mol. The van der Waals surface area contributed by atoms with Gasteiger partial charge in [0.05, 0.1) is 12.8 Å². The number of aryl methyl sites for hydroxylation is 1. The highest BCUT2D eigenvalue weighted by atomic mass is 127. The Morgan fingerprint density at radius 1 is 1.43 bits per heavy atom. The molecule has 0 saturated carbocycles. The first-order valence-electron chi connectivity index (χ1n) is 6.74. The highest BCUT2D eigenvalue weighted by Crippen LogP contribution is 2.11. The van der Waals surface area contributed by atoms with Gasteiger partial charge in [0, 0.05) is 30.6 Å². The van der Waals surface area contributed by atoms with Gasteiger partial charge >= 0.3 is 0 Å². The summed E-state index contributed by atoms with van der Waals surface area (Å²) in [6.07, 6.45) is 4.42. The molecule has 21 heavy (non-hydrogen) atoms. The molecule has 0 aliphatic carbocycles. The van der Waals surface area contributed by atoms with E-state index in [1.165, 1.54) is 4.88 Å². The standard InChI is InChI=1S/C14H20N4OS.HI/c1-3-15-14(16-7-6-12-5-4-8-19-12)18-10-13-17-9-11(2)20-13;/h4-5,8-9H,3,6-7,10H2,1-2H3,(H2,15,16,18);1H. The van der Waals surface area contributed by atoms with Crippen LogP contribution in [0.25, 0.3) is 0 Å². The number of furan rings is 1. The Kier molecular flexibility index (Phi) is 8.36. The Hall–Kier alpha value is -1.09. The largest absolute Gasteiger partial charge is 0.469 e. The van der Waals surface area contributed by atoms with E-state index in [2.05, 4.69) is 34.5 Å². The van der Waals surface area contributed by atoms with E-state index >= 15 is 0 Å². The van der Waals surface area contributed by atoms with Crippen LogP contribution in [0.15, 0.2) is 34.0 Å². The van der Waals surface area contributed by atoms with Crippen LogP contribution in [0.2, 0.25) is 0 Å². The average Bonchev–Trinajstić information content (AvgIpc) is 3.07. The molecule has 0 bridgehead atoms. The summed E-state index contributed by atoms with van der Waals surface area (Å²) < 4.78 is 5.30. The number of thiazole rings is 1. The zero-order chi connectivity index (χ0) is 14.2. The fourth-order valence-corrected chi connectivity index (χ4v) is 2.43. The summed E-state index contributed by atoms with van der Waals surface area (Å²) in [5, 5.41) is 7.55. The Bertz CT molecular complexity index is 539. The highest BCUT2D eigenvalue weighted by molar-refractivity contribution is 14.0. The van der Waals surface area contributed by atoms with Crippen LogP contribution in [0.1, 0.15) is 22.6 Å². The Balaban J connectivity index is 0.00000220. The fraction of sp³-hybridized carbons (Fsp3) is 0.429. The zero-order valence-electron chi connectivity index (χ0n) is 12.3. The van der Waals surface area contributed by atoms with Crippen LogP contribution in [0.5, 0.6) is 0 Å². The normalized spacial score (nSPS) is 11.0. The van der Waals surface area contributed by atoms with Crippen molar-refractivity contribution in [2.75, 3.05) is 13.1 Å². The van der Waals surface area contributed by atoms with E-state index in [1.54, 1.807) is 17.6 Å². The van der Waals surface area contributed by atoms with E-state index in [1.807, 2.05) is 18.3 Å². The lowest BCUT2D eigenvalue weighted by atomic mass is 10.3. The monoisotopic (exact) mass is 420 g/mol. The molecular formula is C14H21IN4OS. The van der Waals surface area contributed by atoms with Crippen molar-refractivity contribution in [2.45, 2.75) is 26.8 Å². The van der Waals surface area contributed by atoms with Crippen molar-refractivity contribution in [2.24, 2.45) is 4.99 Å². The van der Waals surface area contributed by atoms with Gasteiger partial charge in [0.2, 0.25) is 0 Å². The van der Waals surface area contributed by atoms with Gasteiger partial charge in [-0.1, -0.05) is 0 Å². The lowest BCUT2D eigenvalue weighted by Crippen LogP contribution is -2.38. The summed E-state index contributed by atoms with van der Waals surface area (Å²) in [4.78, 5) is 10.1. The Morgan fingerprint density at radius 2 is 2.29 bits per heavy atom. The molecule has 2 N–H and O–H groups in total. The second-order valence-corrected chi connectivity index (χ2v) is 5.64. The quantitative estimate of drug-likeness (QED) is 0.429. The second kappa shape index (κ2) is 9.78. The van der Waals surface area contributed by atoms with E-state index < -0.39 is 0 Å². The van der Waals surface area contributed by atoms with Gasteiger partial charge in [-0.25, -0.2) is 9.98 Å². The molecule has 0 unspecified atom stereocenters. The lowest BCUT2D eigenvalue weighted by Gasteiger charge is -2.10. The van der Waals surface area contributed by atoms with E-state index in [4.69, 9.17) is 4.42 Å². The van der Waals surface area contributed by atoms with Crippen molar-refractivity contribution in [1.82, 2.24) is 15.6 Å². The average molecular weight is 420 g/mol. The molecule has 2 heterocycles. The highest BCUT2D eigenvalue weighted by Gasteiger charge is 2.01. The van der Waals surface area contributed by atoms with Crippen molar-refractivity contribution in [3.05, 3.63) is 40.2 Å². The molecule has 0 amide bonds. The van der Waals surface area contributed by atoms with Gasteiger partial charge in [-0.3, -0.25) is 0 Å². The SMILES string of the molecule is CCNC(=NCc1ncc(C)s1)NCCc1ccco1.I. The number of aromatic nitrogens is 1. The molecule has 5 nitrogen and oxygen atoms in total. The smallest absolute Gasteiger partial charge is 0.191 e. The van der Waals surface area contributed by atoms with Crippen LogP contribution < -0.4 is 10.6 Å². The first-order valence-corrected chi connectivity index (χ1v) is 7.55. The van der Waals surface area contributed by atoms with Crippen molar-refractivity contribution in [3.63, 3.8) is 0 Å². The summed E-state index contributed by atoms with van der Waals surface area (Å²) >= 11 is 1.68. The molecule has 2 aromatic heterocycles. The third-order valence-electron chi connectivity index (χ3n) is 2.63. The molecule has 0 atom stereocenters. The zero-order valence-corrected chi connectivity index (χ0v) is 15.4. The van der Waals surface area contributed by atoms with E-state index in [0.717, 1.165) is 36.2 Å². The number of hydrogen-bond acceptors (Lipinski definition) is 4. The molecule has 0 aromatic carbocycles. The maximum Gasteiger partial charge on any atom is 0.191 e. The minimum Gasteiger partial charge on any atom is -0.469 e. The van der Waals surface area contributed by atoms with Gasteiger partial charge in [0.15, 0.2) is 5.96 Å². The second-order valence-electron chi connectivity index (χ2n) is 4.32. The fourth-order valence-electron chi connectivity index (χ4n) is 1.72. The van der Waals surface area contributed by atoms with Gasteiger partial charge in [-0.05, 0) is 26.0 Å². The number of nitrogens with one attached hydrogen (secondary N) is 2. The molecule has 0 aliphatic heterocycles. The lowest BCUT2D eigenvalue weighted by molar-refractivity contribution is 0.507. The molecule has 2 rings (SSSR count). The van der Waals surface area contributed by atoms with Crippen molar-refractivity contribution in [3.8, 4) is 0 Å². The number of nitrogens with zero attached hydrogens (tertiary/aromatic N) is 2. The molecule has 0 spiro atoms. The first-order chi connectivity index (χ1) is 9.78. The third-order valence-corrected chi connectivity index (χ3v) is 3.53. The topological polar surface area (TPSA) is 62.5 Å². The van der Waals surface area contributed by atoms with Crippen molar-refractivity contribution >= 4 is 41.3 Å². The number of hydrogen-bond donors (Lipinski definition) is 2. The Morgan fingerprint density at radius 3 is 2.90 bits per heavy atom. The molecule has 2 aromatic rings. The predicted octanol–water partition coefficient (Wildman–Crippen LogP) is 2.96. The van der Waals surface area contributed by atoms with Crippen LogP contribution in [0.4, 0.5) is 0 Å². The van der Waals surface area contributed by atoms with E-state index in [9.17, 15) is 0 Å². The van der Waals surface area contributed by atoms with Crippen LogP contribution in [0, 0.1) is 6.92 Å². The van der Waals surface area contributed by atoms with Crippen LogP contribution in [0.3, 0.4) is 0 Å².